The summed E-state index contributed by atoms with van der Waals surface area (Å²) in [5, 5.41) is 10.9. The lowest BCUT2D eigenvalue weighted by molar-refractivity contribution is -0.288. The number of carbonyl (C=O) groups excluding carboxylic acids is 1. The molecule has 2 nitrogen and oxygen atoms in total. The molecule has 0 aliphatic heterocycles. The van der Waals surface area contributed by atoms with Gasteiger partial charge in [-0.05, 0) is 66.9 Å². The highest BCUT2D eigenvalue weighted by Crippen LogP contribution is 2.68. The van der Waals surface area contributed by atoms with Crippen LogP contribution in [0.15, 0.2) is 22.8 Å². The van der Waals surface area contributed by atoms with Gasteiger partial charge in [-0.25, -0.2) is 0 Å². The molecule has 1 unspecified atom stereocenters. The zero-order valence-electron chi connectivity index (χ0n) is 15.0. The summed E-state index contributed by atoms with van der Waals surface area (Å²) in [6, 6.07) is 0. The van der Waals surface area contributed by atoms with E-state index in [1.54, 1.807) is 13.0 Å². The van der Waals surface area contributed by atoms with Crippen molar-refractivity contribution in [3.63, 3.8) is 0 Å². The minimum absolute atomic E-state index is 0.00884. The van der Waals surface area contributed by atoms with E-state index in [2.05, 4.69) is 6.92 Å². The lowest BCUT2D eigenvalue weighted by atomic mass is 9.46. The van der Waals surface area contributed by atoms with Crippen LogP contribution in [-0.4, -0.2) is 22.7 Å². The number of hydrogen-bond acceptors (Lipinski definition) is 2. The predicted octanol–water partition coefficient (Wildman–Crippen LogP) is 5.15. The summed E-state index contributed by atoms with van der Waals surface area (Å²) in [5.74, 6) is -0.0349. The van der Waals surface area contributed by atoms with Crippen LogP contribution in [0.2, 0.25) is 0 Å². The number of fused-ring (bicyclic) bond motifs is 5. The quantitative estimate of drug-likeness (QED) is 0.582. The lowest BCUT2D eigenvalue weighted by Crippen LogP contribution is -2.60. The molecule has 0 aromatic carbocycles. The number of rotatable bonds is 0. The van der Waals surface area contributed by atoms with Crippen molar-refractivity contribution in [2.75, 3.05) is 0 Å². The maximum atomic E-state index is 13.7. The Hall–Kier alpha value is -0.810. The van der Waals surface area contributed by atoms with E-state index in [4.69, 9.17) is 11.6 Å². The molecule has 6 heteroatoms. The fraction of sp³-hybridized carbons (Fsp3) is 0.750. The van der Waals surface area contributed by atoms with Gasteiger partial charge in [0.1, 0.15) is 0 Å². The molecule has 2 fully saturated rings. The van der Waals surface area contributed by atoms with Crippen molar-refractivity contribution in [3.8, 4) is 0 Å². The standard InChI is InChI=1S/C20H24ClF3O2/c1-17-8-7-15(25)16(21)14(17)4-3-11-12(17)5-9-18(2)13(11)6-10-19(18,26)20(22,23)24/h6,10-13,26H,3-5,7-9H2,1-2H3/t11-,12-,13+,17-,18+,19?/m1/s1. The van der Waals surface area contributed by atoms with E-state index in [9.17, 15) is 23.1 Å². The first kappa shape index (κ1) is 18.5. The molecule has 2 saturated carbocycles. The van der Waals surface area contributed by atoms with Gasteiger partial charge in [0.05, 0.1) is 5.03 Å². The Labute approximate surface area is 156 Å². The molecule has 0 heterocycles. The third kappa shape index (κ3) is 2.07. The third-order valence-corrected chi connectivity index (χ3v) is 8.59. The smallest absolute Gasteiger partial charge is 0.376 e. The van der Waals surface area contributed by atoms with Crippen LogP contribution in [0.4, 0.5) is 13.2 Å². The summed E-state index contributed by atoms with van der Waals surface area (Å²) in [5.41, 5.74) is -3.19. The molecule has 0 saturated heterocycles. The molecule has 0 radical (unpaired) electrons. The van der Waals surface area contributed by atoms with Crippen LogP contribution in [-0.2, 0) is 4.79 Å². The molecule has 4 rings (SSSR count). The largest absolute Gasteiger partial charge is 0.421 e. The lowest BCUT2D eigenvalue weighted by Gasteiger charge is -2.59. The van der Waals surface area contributed by atoms with E-state index in [1.165, 1.54) is 0 Å². The molecular formula is C20H24ClF3O2. The second-order valence-corrected chi connectivity index (χ2v) is 9.43. The molecule has 0 amide bonds. The molecule has 1 N–H and O–H groups in total. The third-order valence-electron chi connectivity index (χ3n) is 8.15. The van der Waals surface area contributed by atoms with Crippen LogP contribution < -0.4 is 0 Å². The van der Waals surface area contributed by atoms with Crippen molar-refractivity contribution in [2.45, 2.75) is 64.1 Å². The maximum Gasteiger partial charge on any atom is 0.421 e. The number of alkyl halides is 3. The highest BCUT2D eigenvalue weighted by atomic mass is 35.5. The van der Waals surface area contributed by atoms with E-state index in [1.807, 2.05) is 0 Å². The zero-order chi connectivity index (χ0) is 19.1. The Kier molecular flexibility index (Phi) is 3.84. The summed E-state index contributed by atoms with van der Waals surface area (Å²) >= 11 is 6.33. The van der Waals surface area contributed by atoms with Crippen molar-refractivity contribution in [1.29, 1.82) is 0 Å². The molecule has 0 aromatic heterocycles. The van der Waals surface area contributed by atoms with Crippen LogP contribution in [0.5, 0.6) is 0 Å². The summed E-state index contributed by atoms with van der Waals surface area (Å²) in [6.45, 7) is 3.72. The average molecular weight is 389 g/mol. The van der Waals surface area contributed by atoms with E-state index in [-0.39, 0.29) is 29.0 Å². The monoisotopic (exact) mass is 388 g/mol. The number of carbonyl (C=O) groups is 1. The van der Waals surface area contributed by atoms with Gasteiger partial charge in [-0.15, -0.1) is 0 Å². The molecule has 0 bridgehead atoms. The number of halogens is 4. The predicted molar refractivity (Wildman–Crippen MR) is 92.4 cm³/mol. The summed E-state index contributed by atoms with van der Waals surface area (Å²) in [4.78, 5) is 12.0. The first-order valence-corrected chi connectivity index (χ1v) is 9.74. The first-order chi connectivity index (χ1) is 12.0. The molecule has 6 atom stereocenters. The second-order valence-electron chi connectivity index (χ2n) is 9.05. The number of Topliss-reactive ketones (excluding diaryl/α,β-unsaturated/α-hetero) is 1. The van der Waals surface area contributed by atoms with Gasteiger partial charge >= 0.3 is 6.18 Å². The van der Waals surface area contributed by atoms with E-state index < -0.39 is 17.2 Å². The molecule has 0 spiro atoms. The van der Waals surface area contributed by atoms with Gasteiger partial charge in [-0.1, -0.05) is 31.5 Å². The normalized spacial score (nSPS) is 48.3. The van der Waals surface area contributed by atoms with E-state index in [0.29, 0.717) is 30.7 Å². The topological polar surface area (TPSA) is 37.3 Å². The van der Waals surface area contributed by atoms with Gasteiger partial charge in [0, 0.05) is 11.8 Å². The Morgan fingerprint density at radius 2 is 1.88 bits per heavy atom. The average Bonchev–Trinajstić information content (AvgIpc) is 2.84. The van der Waals surface area contributed by atoms with Gasteiger partial charge < -0.3 is 5.11 Å². The molecule has 26 heavy (non-hydrogen) atoms. The maximum absolute atomic E-state index is 13.7. The molecule has 4 aliphatic carbocycles. The fourth-order valence-corrected chi connectivity index (χ4v) is 6.96. The zero-order valence-corrected chi connectivity index (χ0v) is 15.8. The van der Waals surface area contributed by atoms with Crippen LogP contribution >= 0.6 is 11.6 Å². The van der Waals surface area contributed by atoms with Crippen LogP contribution in [0.1, 0.15) is 52.4 Å². The van der Waals surface area contributed by atoms with Gasteiger partial charge in [0.25, 0.3) is 0 Å². The molecular weight excluding hydrogens is 365 g/mol. The minimum atomic E-state index is -4.68. The molecule has 0 aromatic rings. The van der Waals surface area contributed by atoms with Crippen molar-refractivity contribution in [2.24, 2.45) is 28.6 Å². The van der Waals surface area contributed by atoms with E-state index >= 15 is 0 Å². The van der Waals surface area contributed by atoms with Crippen molar-refractivity contribution in [1.82, 2.24) is 0 Å². The van der Waals surface area contributed by atoms with Crippen LogP contribution in [0.25, 0.3) is 0 Å². The minimum Gasteiger partial charge on any atom is -0.376 e. The first-order valence-electron chi connectivity index (χ1n) is 9.36. The van der Waals surface area contributed by atoms with E-state index in [0.717, 1.165) is 24.5 Å². The summed E-state index contributed by atoms with van der Waals surface area (Å²) < 4.78 is 41.0. The summed E-state index contributed by atoms with van der Waals surface area (Å²) in [6.07, 6.45) is 1.37. The number of hydrogen-bond donors (Lipinski definition) is 1. The van der Waals surface area contributed by atoms with Crippen LogP contribution in [0, 0.1) is 28.6 Å². The number of ketones is 1. The molecule has 4 aliphatic rings. The Morgan fingerprint density at radius 1 is 1.19 bits per heavy atom. The van der Waals surface area contributed by atoms with Crippen molar-refractivity contribution >= 4 is 17.4 Å². The second kappa shape index (κ2) is 5.38. The number of aliphatic hydroxyl groups is 1. The highest BCUT2D eigenvalue weighted by molar-refractivity contribution is 6.43. The fourth-order valence-electron chi connectivity index (χ4n) is 6.55. The highest BCUT2D eigenvalue weighted by Gasteiger charge is 2.70. The van der Waals surface area contributed by atoms with Gasteiger partial charge in [0.2, 0.25) is 0 Å². The summed E-state index contributed by atoms with van der Waals surface area (Å²) in [7, 11) is 0. The molecule has 144 valence electrons. The Balaban J connectivity index is 1.73. The van der Waals surface area contributed by atoms with Crippen LogP contribution in [0.3, 0.4) is 0 Å². The van der Waals surface area contributed by atoms with Crippen molar-refractivity contribution < 1.29 is 23.1 Å². The SMILES string of the molecule is C[C@]12CCC(=O)C(Cl)=C1CC[C@@H]1[C@H]2CC[C@@]2(C)[C@H]1C=CC2(O)C(F)(F)F. The van der Waals surface area contributed by atoms with Crippen molar-refractivity contribution in [3.05, 3.63) is 22.8 Å². The Morgan fingerprint density at radius 3 is 2.54 bits per heavy atom. The van der Waals surface area contributed by atoms with Gasteiger partial charge in [0.15, 0.2) is 11.4 Å². The van der Waals surface area contributed by atoms with Gasteiger partial charge in [-0.2, -0.15) is 13.2 Å². The Bertz CT molecular complexity index is 727. The van der Waals surface area contributed by atoms with Gasteiger partial charge in [-0.3, -0.25) is 4.79 Å². The number of allylic oxidation sites excluding steroid dienone is 3.